The van der Waals surface area contributed by atoms with Gasteiger partial charge in [-0.25, -0.2) is 0 Å². The lowest BCUT2D eigenvalue weighted by molar-refractivity contribution is 0.314. The van der Waals surface area contributed by atoms with Gasteiger partial charge in [-0.3, -0.25) is 4.90 Å². The minimum atomic E-state index is 0.181. The predicted octanol–water partition coefficient (Wildman–Crippen LogP) is 3.38. The zero-order valence-corrected chi connectivity index (χ0v) is 14.3. The third-order valence-corrected chi connectivity index (χ3v) is 4.94. The van der Waals surface area contributed by atoms with E-state index >= 15 is 0 Å². The number of ether oxygens (including phenoxy) is 1. The lowest BCUT2D eigenvalue weighted by Gasteiger charge is -2.18. The molecule has 2 N–H and O–H groups in total. The van der Waals surface area contributed by atoms with E-state index in [0.29, 0.717) is 5.92 Å². The number of halogens is 1. The molecule has 116 valence electrons. The van der Waals surface area contributed by atoms with Crippen molar-refractivity contribution in [2.75, 3.05) is 20.2 Å². The summed E-state index contributed by atoms with van der Waals surface area (Å²) in [6.07, 6.45) is 0. The van der Waals surface area contributed by atoms with Crippen molar-refractivity contribution in [1.29, 1.82) is 0 Å². The monoisotopic (exact) mass is 360 g/mol. The molecule has 3 rings (SSSR count). The van der Waals surface area contributed by atoms with Gasteiger partial charge in [-0.15, -0.1) is 0 Å². The van der Waals surface area contributed by atoms with E-state index in [1.807, 2.05) is 18.2 Å². The summed E-state index contributed by atoms with van der Waals surface area (Å²) in [4.78, 5) is 2.41. The minimum absolute atomic E-state index is 0.181. The Hall–Kier alpha value is -1.36. The van der Waals surface area contributed by atoms with E-state index in [-0.39, 0.29) is 6.04 Å². The maximum atomic E-state index is 6.37. The Balaban J connectivity index is 1.74. The number of rotatable bonds is 4. The van der Waals surface area contributed by atoms with Crippen LogP contribution in [0.5, 0.6) is 5.75 Å². The normalized spacial score (nSPS) is 22.0. The molecule has 1 saturated heterocycles. The fourth-order valence-electron chi connectivity index (χ4n) is 3.24. The highest BCUT2D eigenvalue weighted by atomic mass is 79.9. The molecule has 3 nitrogen and oxygen atoms in total. The molecule has 0 spiro atoms. The second kappa shape index (κ2) is 6.82. The third kappa shape index (κ3) is 3.19. The zero-order valence-electron chi connectivity index (χ0n) is 12.7. The fourth-order valence-corrected chi connectivity index (χ4v) is 3.81. The Bertz CT molecular complexity index is 632. The van der Waals surface area contributed by atoms with Gasteiger partial charge in [-0.2, -0.15) is 0 Å². The first-order valence-electron chi connectivity index (χ1n) is 7.53. The van der Waals surface area contributed by atoms with Crippen molar-refractivity contribution in [1.82, 2.24) is 4.90 Å². The molecule has 0 bridgehead atoms. The topological polar surface area (TPSA) is 38.5 Å². The average Bonchev–Trinajstić information content (AvgIpc) is 2.89. The molecule has 0 unspecified atom stereocenters. The maximum absolute atomic E-state index is 6.37. The fraction of sp³-hybridized carbons (Fsp3) is 0.333. The van der Waals surface area contributed by atoms with Gasteiger partial charge in [-0.1, -0.05) is 42.5 Å². The predicted molar refractivity (Wildman–Crippen MR) is 93.1 cm³/mol. The van der Waals surface area contributed by atoms with Crippen LogP contribution in [0.1, 0.15) is 17.0 Å². The Morgan fingerprint density at radius 2 is 1.91 bits per heavy atom. The number of nitrogens with two attached hydrogens (primary N) is 1. The van der Waals surface area contributed by atoms with Gasteiger partial charge in [-0.05, 0) is 27.6 Å². The smallest absolute Gasteiger partial charge is 0.137 e. The summed E-state index contributed by atoms with van der Waals surface area (Å²) in [5, 5.41) is 0. The van der Waals surface area contributed by atoms with Gasteiger partial charge in [0.2, 0.25) is 0 Å². The first-order valence-corrected chi connectivity index (χ1v) is 8.32. The molecular weight excluding hydrogens is 340 g/mol. The van der Waals surface area contributed by atoms with Crippen molar-refractivity contribution in [2.24, 2.45) is 5.73 Å². The van der Waals surface area contributed by atoms with E-state index in [0.717, 1.165) is 29.9 Å². The van der Waals surface area contributed by atoms with Crippen molar-refractivity contribution in [3.63, 3.8) is 0 Å². The Labute approximate surface area is 140 Å². The molecule has 2 aromatic rings. The third-order valence-electron chi connectivity index (χ3n) is 4.32. The highest BCUT2D eigenvalue weighted by molar-refractivity contribution is 9.10. The van der Waals surface area contributed by atoms with E-state index < -0.39 is 0 Å². The van der Waals surface area contributed by atoms with E-state index in [1.54, 1.807) is 7.11 Å². The summed E-state index contributed by atoms with van der Waals surface area (Å²) in [6, 6.07) is 16.9. The highest BCUT2D eigenvalue weighted by Crippen LogP contribution is 2.32. The van der Waals surface area contributed by atoms with E-state index in [2.05, 4.69) is 51.2 Å². The van der Waals surface area contributed by atoms with Gasteiger partial charge in [0.05, 0.1) is 11.6 Å². The molecule has 0 aromatic heterocycles. The number of benzene rings is 2. The lowest BCUT2D eigenvalue weighted by Crippen LogP contribution is -2.28. The van der Waals surface area contributed by atoms with Crippen molar-refractivity contribution < 1.29 is 4.74 Å². The average molecular weight is 361 g/mol. The Morgan fingerprint density at radius 1 is 1.14 bits per heavy atom. The van der Waals surface area contributed by atoms with E-state index in [1.165, 1.54) is 11.1 Å². The first kappa shape index (κ1) is 15.5. The Kier molecular flexibility index (Phi) is 4.81. The number of likely N-dealkylation sites (tertiary alicyclic amines) is 1. The van der Waals surface area contributed by atoms with Gasteiger partial charge < -0.3 is 10.5 Å². The van der Waals surface area contributed by atoms with Crippen LogP contribution in [0.2, 0.25) is 0 Å². The Morgan fingerprint density at radius 3 is 2.64 bits per heavy atom. The minimum Gasteiger partial charge on any atom is -0.495 e. The summed E-state index contributed by atoms with van der Waals surface area (Å²) in [5.41, 5.74) is 8.90. The highest BCUT2D eigenvalue weighted by Gasteiger charge is 2.31. The molecule has 2 atom stereocenters. The maximum Gasteiger partial charge on any atom is 0.137 e. The zero-order chi connectivity index (χ0) is 15.5. The molecule has 1 aliphatic heterocycles. The summed E-state index contributed by atoms with van der Waals surface area (Å²) in [6.45, 7) is 2.76. The number of methoxy groups -OCH3 is 1. The van der Waals surface area contributed by atoms with Gasteiger partial charge in [0.1, 0.15) is 5.75 Å². The van der Waals surface area contributed by atoms with Crippen molar-refractivity contribution >= 4 is 15.9 Å². The molecule has 1 fully saturated rings. The molecule has 2 aromatic carbocycles. The number of nitrogens with zero attached hydrogens (tertiary/aromatic N) is 1. The van der Waals surface area contributed by atoms with E-state index in [4.69, 9.17) is 10.5 Å². The second-order valence-electron chi connectivity index (χ2n) is 5.81. The molecule has 0 radical (unpaired) electrons. The van der Waals surface area contributed by atoms with E-state index in [9.17, 15) is 0 Å². The lowest BCUT2D eigenvalue weighted by atomic mass is 9.95. The standard InChI is InChI=1S/C18H21BrN2O/c1-22-18-14(8-5-9-16(18)19)10-21-11-15(17(20)12-21)13-6-3-2-4-7-13/h2-9,15,17H,10-12,20H2,1H3/t15-,17+/m0/s1. The molecule has 0 aliphatic carbocycles. The molecular formula is C18H21BrN2O. The summed E-state index contributed by atoms with van der Waals surface area (Å²) in [7, 11) is 1.71. The van der Waals surface area contributed by atoms with Crippen LogP contribution in [0.4, 0.5) is 0 Å². The van der Waals surface area contributed by atoms with Gasteiger partial charge in [0.15, 0.2) is 0 Å². The van der Waals surface area contributed by atoms with Crippen LogP contribution >= 0.6 is 15.9 Å². The van der Waals surface area contributed by atoms with Gasteiger partial charge in [0.25, 0.3) is 0 Å². The number of para-hydroxylation sites is 1. The number of hydrogen-bond acceptors (Lipinski definition) is 3. The van der Waals surface area contributed by atoms with Crippen molar-refractivity contribution in [3.8, 4) is 5.75 Å². The molecule has 1 aliphatic rings. The van der Waals surface area contributed by atoms with Crippen LogP contribution in [-0.2, 0) is 6.54 Å². The van der Waals surface area contributed by atoms with Crippen LogP contribution in [0.15, 0.2) is 53.0 Å². The largest absolute Gasteiger partial charge is 0.495 e. The molecule has 0 saturated carbocycles. The van der Waals surface area contributed by atoms with Gasteiger partial charge in [0, 0.05) is 37.2 Å². The van der Waals surface area contributed by atoms with Crippen molar-refractivity contribution in [3.05, 3.63) is 64.1 Å². The van der Waals surface area contributed by atoms with Crippen LogP contribution in [0.3, 0.4) is 0 Å². The first-order chi connectivity index (χ1) is 10.7. The summed E-state index contributed by atoms with van der Waals surface area (Å²) < 4.78 is 6.52. The van der Waals surface area contributed by atoms with Crippen LogP contribution in [0.25, 0.3) is 0 Å². The van der Waals surface area contributed by atoms with Crippen molar-refractivity contribution in [2.45, 2.75) is 18.5 Å². The SMILES string of the molecule is COc1c(Br)cccc1CN1C[C@@H](N)[C@H](c2ccccc2)C1. The quantitative estimate of drug-likeness (QED) is 0.907. The van der Waals surface area contributed by atoms with Crippen LogP contribution in [0, 0.1) is 0 Å². The molecule has 4 heteroatoms. The summed E-state index contributed by atoms with van der Waals surface area (Å²) in [5.74, 6) is 1.32. The number of hydrogen-bond donors (Lipinski definition) is 1. The summed E-state index contributed by atoms with van der Waals surface area (Å²) >= 11 is 3.55. The molecule has 0 amide bonds. The van der Waals surface area contributed by atoms with Gasteiger partial charge >= 0.3 is 0 Å². The van der Waals surface area contributed by atoms with Crippen LogP contribution in [-0.4, -0.2) is 31.1 Å². The molecule has 22 heavy (non-hydrogen) atoms. The second-order valence-corrected chi connectivity index (χ2v) is 6.66. The van der Waals surface area contributed by atoms with Crippen LogP contribution < -0.4 is 10.5 Å². The molecule has 1 heterocycles.